The minimum absolute atomic E-state index is 0. The van der Waals surface area contributed by atoms with Gasteiger partial charge in [-0.25, -0.2) is 14.6 Å². The number of nitrogens with zero attached hydrogens (tertiary/aromatic N) is 4. The molecule has 0 saturated carbocycles. The van der Waals surface area contributed by atoms with Gasteiger partial charge in [0.05, 0.1) is 29.4 Å². The van der Waals surface area contributed by atoms with E-state index >= 15 is 0 Å². The van der Waals surface area contributed by atoms with E-state index < -0.39 is 0 Å². The molecular formula is C24H19Cl2N5O. The van der Waals surface area contributed by atoms with Crippen LogP contribution in [-0.2, 0) is 0 Å². The normalized spacial score (nSPS) is 10.6. The van der Waals surface area contributed by atoms with E-state index in [1.165, 1.54) is 0 Å². The minimum atomic E-state index is 0. The molecule has 32 heavy (non-hydrogen) atoms. The Morgan fingerprint density at radius 3 is 2.31 bits per heavy atom. The summed E-state index contributed by atoms with van der Waals surface area (Å²) >= 11 is 6.31. The molecule has 1 N–H and O–H groups in total. The van der Waals surface area contributed by atoms with Crippen LogP contribution in [0.25, 0.3) is 28.1 Å². The summed E-state index contributed by atoms with van der Waals surface area (Å²) in [6, 6.07) is 25.3. The highest BCUT2D eigenvalue weighted by Crippen LogP contribution is 2.32. The molecule has 0 unspecified atom stereocenters. The average Bonchev–Trinajstić information content (AvgIpc) is 3.25. The summed E-state index contributed by atoms with van der Waals surface area (Å²) in [6.07, 6.45) is 1.77. The van der Waals surface area contributed by atoms with Gasteiger partial charge in [-0.3, -0.25) is 0 Å². The topological polar surface area (TPSA) is 64.9 Å². The molecule has 2 aromatic heterocycles. The van der Waals surface area contributed by atoms with Crippen molar-refractivity contribution in [3.63, 3.8) is 0 Å². The van der Waals surface area contributed by atoms with E-state index in [0.717, 1.165) is 22.3 Å². The highest BCUT2D eigenvalue weighted by molar-refractivity contribution is 6.32. The van der Waals surface area contributed by atoms with E-state index in [0.29, 0.717) is 28.1 Å². The standard InChI is InChI=1S/C24H18ClN5O.ClH/c1-31-21-13-12-17(14-20(21)25)27-23-19-15-26-30(18-10-6-3-7-11-18)24(19)29-22(28-23)16-8-4-2-5-9-16;/h2-15H,1H3,(H,27,28,29);1H. The zero-order chi connectivity index (χ0) is 21.2. The van der Waals surface area contributed by atoms with Crippen molar-refractivity contribution in [3.05, 3.63) is 90.1 Å². The monoisotopic (exact) mass is 463 g/mol. The molecule has 0 atom stereocenters. The average molecular weight is 464 g/mol. The SMILES string of the molecule is COc1ccc(Nc2nc(-c3ccccc3)nc3c2cnn3-c2ccccc2)cc1Cl.Cl. The lowest BCUT2D eigenvalue weighted by Gasteiger charge is -2.11. The number of para-hydroxylation sites is 1. The highest BCUT2D eigenvalue weighted by atomic mass is 35.5. The number of ether oxygens (including phenoxy) is 1. The maximum Gasteiger partial charge on any atom is 0.169 e. The Hall–Kier alpha value is -3.61. The zero-order valence-corrected chi connectivity index (χ0v) is 18.6. The van der Waals surface area contributed by atoms with Crippen molar-refractivity contribution in [2.75, 3.05) is 12.4 Å². The number of methoxy groups -OCH3 is 1. The first kappa shape index (κ1) is 21.6. The van der Waals surface area contributed by atoms with Crippen molar-refractivity contribution in [2.24, 2.45) is 0 Å². The summed E-state index contributed by atoms with van der Waals surface area (Å²) < 4.78 is 7.07. The van der Waals surface area contributed by atoms with Crippen LogP contribution in [-0.4, -0.2) is 26.9 Å². The smallest absolute Gasteiger partial charge is 0.169 e. The Morgan fingerprint density at radius 2 is 1.62 bits per heavy atom. The van der Waals surface area contributed by atoms with E-state index in [1.54, 1.807) is 19.4 Å². The largest absolute Gasteiger partial charge is 0.495 e. The lowest BCUT2D eigenvalue weighted by molar-refractivity contribution is 0.415. The van der Waals surface area contributed by atoms with Crippen molar-refractivity contribution in [1.82, 2.24) is 19.7 Å². The van der Waals surface area contributed by atoms with Crippen LogP contribution in [0.1, 0.15) is 0 Å². The van der Waals surface area contributed by atoms with Crippen LogP contribution >= 0.6 is 24.0 Å². The molecule has 2 heterocycles. The van der Waals surface area contributed by atoms with Crippen molar-refractivity contribution >= 4 is 46.5 Å². The Kier molecular flexibility index (Phi) is 6.25. The first-order valence-corrected chi connectivity index (χ1v) is 10.1. The number of rotatable bonds is 5. The fraction of sp³-hybridized carbons (Fsp3) is 0.0417. The summed E-state index contributed by atoms with van der Waals surface area (Å²) in [7, 11) is 1.59. The Balaban J connectivity index is 0.00000245. The van der Waals surface area contributed by atoms with Crippen LogP contribution in [0.4, 0.5) is 11.5 Å². The van der Waals surface area contributed by atoms with Crippen LogP contribution < -0.4 is 10.1 Å². The molecule has 0 aliphatic rings. The molecule has 0 aliphatic heterocycles. The first-order chi connectivity index (χ1) is 15.2. The second-order valence-corrected chi connectivity index (χ2v) is 7.27. The van der Waals surface area contributed by atoms with Gasteiger partial charge in [0.15, 0.2) is 11.5 Å². The number of halogens is 2. The molecule has 0 saturated heterocycles. The molecule has 0 amide bonds. The second kappa shape index (κ2) is 9.26. The lowest BCUT2D eigenvalue weighted by atomic mass is 10.2. The van der Waals surface area contributed by atoms with Gasteiger partial charge < -0.3 is 10.1 Å². The van der Waals surface area contributed by atoms with E-state index in [1.807, 2.05) is 77.5 Å². The third-order valence-electron chi connectivity index (χ3n) is 4.88. The van der Waals surface area contributed by atoms with Gasteiger partial charge in [-0.05, 0) is 30.3 Å². The summed E-state index contributed by atoms with van der Waals surface area (Å²) in [5.74, 6) is 1.86. The maximum atomic E-state index is 6.31. The fourth-order valence-corrected chi connectivity index (χ4v) is 3.62. The molecule has 5 aromatic rings. The van der Waals surface area contributed by atoms with Gasteiger partial charge in [0.2, 0.25) is 0 Å². The van der Waals surface area contributed by atoms with Gasteiger partial charge in [-0.1, -0.05) is 60.1 Å². The Bertz CT molecular complexity index is 1360. The number of anilines is 2. The van der Waals surface area contributed by atoms with Gasteiger partial charge in [0.1, 0.15) is 11.6 Å². The van der Waals surface area contributed by atoms with Gasteiger partial charge >= 0.3 is 0 Å². The fourth-order valence-electron chi connectivity index (χ4n) is 3.36. The van der Waals surface area contributed by atoms with Crippen molar-refractivity contribution in [3.8, 4) is 22.8 Å². The van der Waals surface area contributed by atoms with Crippen molar-refractivity contribution in [1.29, 1.82) is 0 Å². The maximum absolute atomic E-state index is 6.31. The van der Waals surface area contributed by atoms with Crippen LogP contribution in [0.3, 0.4) is 0 Å². The number of aromatic nitrogens is 4. The molecule has 5 rings (SSSR count). The molecule has 0 radical (unpaired) electrons. The third kappa shape index (κ3) is 4.10. The van der Waals surface area contributed by atoms with Gasteiger partial charge in [0.25, 0.3) is 0 Å². The lowest BCUT2D eigenvalue weighted by Crippen LogP contribution is -2.02. The number of hydrogen-bond donors (Lipinski definition) is 1. The first-order valence-electron chi connectivity index (χ1n) is 9.70. The van der Waals surface area contributed by atoms with E-state index in [4.69, 9.17) is 26.3 Å². The number of fused-ring (bicyclic) bond motifs is 1. The molecule has 0 spiro atoms. The molecule has 0 bridgehead atoms. The predicted octanol–water partition coefficient (Wildman–Crippen LogP) is 6.31. The van der Waals surface area contributed by atoms with E-state index in [-0.39, 0.29) is 12.4 Å². The van der Waals surface area contributed by atoms with Gasteiger partial charge in [-0.15, -0.1) is 12.4 Å². The Labute approximate surface area is 196 Å². The quantitative estimate of drug-likeness (QED) is 0.330. The molecule has 0 aliphatic carbocycles. The summed E-state index contributed by atoms with van der Waals surface area (Å²) in [4.78, 5) is 9.63. The van der Waals surface area contributed by atoms with Crippen molar-refractivity contribution < 1.29 is 4.74 Å². The number of benzene rings is 3. The van der Waals surface area contributed by atoms with Crippen LogP contribution in [0.2, 0.25) is 5.02 Å². The summed E-state index contributed by atoms with van der Waals surface area (Å²) in [5.41, 5.74) is 3.34. The molecule has 6 nitrogen and oxygen atoms in total. The zero-order valence-electron chi connectivity index (χ0n) is 17.1. The van der Waals surface area contributed by atoms with Crippen LogP contribution in [0.15, 0.2) is 85.1 Å². The van der Waals surface area contributed by atoms with Crippen molar-refractivity contribution in [2.45, 2.75) is 0 Å². The third-order valence-corrected chi connectivity index (χ3v) is 5.17. The number of hydrogen-bond acceptors (Lipinski definition) is 5. The van der Waals surface area contributed by atoms with Crippen LogP contribution in [0.5, 0.6) is 5.75 Å². The van der Waals surface area contributed by atoms with Gasteiger partial charge in [0, 0.05) is 11.3 Å². The number of nitrogens with one attached hydrogen (secondary N) is 1. The highest BCUT2D eigenvalue weighted by Gasteiger charge is 2.16. The van der Waals surface area contributed by atoms with E-state index in [2.05, 4.69) is 10.4 Å². The minimum Gasteiger partial charge on any atom is -0.495 e. The van der Waals surface area contributed by atoms with E-state index in [9.17, 15) is 0 Å². The predicted molar refractivity (Wildman–Crippen MR) is 131 cm³/mol. The molecule has 8 heteroatoms. The second-order valence-electron chi connectivity index (χ2n) is 6.87. The molecule has 3 aromatic carbocycles. The summed E-state index contributed by atoms with van der Waals surface area (Å²) in [6.45, 7) is 0. The molecule has 160 valence electrons. The van der Waals surface area contributed by atoms with Crippen LogP contribution in [0, 0.1) is 0 Å². The Morgan fingerprint density at radius 1 is 0.906 bits per heavy atom. The van der Waals surface area contributed by atoms with Gasteiger partial charge in [-0.2, -0.15) is 5.10 Å². The summed E-state index contributed by atoms with van der Waals surface area (Å²) in [5, 5.41) is 9.26. The molecular weight excluding hydrogens is 445 g/mol. The molecule has 0 fully saturated rings.